The zero-order valence-corrected chi connectivity index (χ0v) is 16.8. The molecule has 9 heteroatoms. The number of anilines is 1. The van der Waals surface area contributed by atoms with Crippen molar-refractivity contribution in [2.45, 2.75) is 32.1 Å². The van der Waals surface area contributed by atoms with E-state index in [1.807, 2.05) is 18.2 Å². The van der Waals surface area contributed by atoms with Crippen LogP contribution < -0.4 is 15.0 Å². The van der Waals surface area contributed by atoms with Crippen molar-refractivity contribution in [3.8, 4) is 5.88 Å². The van der Waals surface area contributed by atoms with Crippen molar-refractivity contribution in [2.24, 2.45) is 0 Å². The summed E-state index contributed by atoms with van der Waals surface area (Å²) in [4.78, 5) is 20.2. The second-order valence-corrected chi connectivity index (χ2v) is 7.25. The molecule has 1 aromatic heterocycles. The normalized spacial score (nSPS) is 13.9. The van der Waals surface area contributed by atoms with E-state index >= 15 is 0 Å². The van der Waals surface area contributed by atoms with Gasteiger partial charge in [-0.2, -0.15) is 13.2 Å². The molecule has 1 aliphatic rings. The van der Waals surface area contributed by atoms with Crippen molar-refractivity contribution in [1.82, 2.24) is 15.2 Å². The number of carbonyl (C=O) groups is 1. The van der Waals surface area contributed by atoms with Gasteiger partial charge in [0.15, 0.2) is 6.61 Å². The van der Waals surface area contributed by atoms with Crippen LogP contribution in [0, 0.1) is 0 Å². The number of carbonyl (C=O) groups excluding carboxylic acids is 1. The minimum Gasteiger partial charge on any atom is -0.468 e. The first-order chi connectivity index (χ1) is 14.3. The molecule has 3 rings (SSSR count). The molecule has 0 bridgehead atoms. The third-order valence-corrected chi connectivity index (χ3v) is 4.82. The number of hydrogen-bond donors (Lipinski definition) is 1. The van der Waals surface area contributed by atoms with E-state index in [0.29, 0.717) is 12.1 Å². The number of amides is 2. The fourth-order valence-electron chi connectivity index (χ4n) is 3.31. The highest BCUT2D eigenvalue weighted by molar-refractivity contribution is 5.74. The highest BCUT2D eigenvalue weighted by Crippen LogP contribution is 2.25. The van der Waals surface area contributed by atoms with Gasteiger partial charge in [0.25, 0.3) is 0 Å². The van der Waals surface area contributed by atoms with Gasteiger partial charge in [-0.15, -0.1) is 0 Å². The van der Waals surface area contributed by atoms with Crippen molar-refractivity contribution >= 4 is 11.7 Å². The van der Waals surface area contributed by atoms with Crippen LogP contribution in [-0.4, -0.2) is 48.8 Å². The van der Waals surface area contributed by atoms with Crippen LogP contribution in [-0.2, 0) is 13.1 Å². The second-order valence-electron chi connectivity index (χ2n) is 7.25. The number of hydrogen-bond acceptors (Lipinski definition) is 4. The number of ether oxygens (including phenoxy) is 1. The molecular formula is C21H25F3N4O2. The molecule has 30 heavy (non-hydrogen) atoms. The SMILES string of the molecule is CN(Cc1ccccc1N1CCCC1)C(=O)NCc1ccc(OCC(F)(F)F)nc1. The maximum Gasteiger partial charge on any atom is 0.422 e. The molecule has 2 heterocycles. The first-order valence-corrected chi connectivity index (χ1v) is 9.78. The van der Waals surface area contributed by atoms with Crippen molar-refractivity contribution in [1.29, 1.82) is 0 Å². The smallest absolute Gasteiger partial charge is 0.422 e. The standard InChI is InChI=1S/C21H25F3N4O2/c1-27(14-17-6-2-3-7-18(17)28-10-4-5-11-28)20(29)26-13-16-8-9-19(25-12-16)30-15-21(22,23)24/h2-3,6-9,12H,4-5,10-11,13-15H2,1H3,(H,26,29). The number of alkyl halides is 3. The van der Waals surface area contributed by atoms with Gasteiger partial charge >= 0.3 is 12.2 Å². The van der Waals surface area contributed by atoms with Gasteiger partial charge in [0.1, 0.15) is 0 Å². The molecule has 1 saturated heterocycles. The molecule has 1 aliphatic heterocycles. The number of para-hydroxylation sites is 1. The molecule has 2 aromatic rings. The predicted molar refractivity (Wildman–Crippen MR) is 107 cm³/mol. The van der Waals surface area contributed by atoms with Gasteiger partial charge in [-0.1, -0.05) is 24.3 Å². The number of aromatic nitrogens is 1. The Labute approximate surface area is 173 Å². The van der Waals surface area contributed by atoms with Gasteiger partial charge in [0, 0.05) is 51.2 Å². The molecule has 0 unspecified atom stereocenters. The van der Waals surface area contributed by atoms with Crippen LogP contribution in [0.5, 0.6) is 5.88 Å². The summed E-state index contributed by atoms with van der Waals surface area (Å²) in [5.41, 5.74) is 2.91. The molecule has 6 nitrogen and oxygen atoms in total. The zero-order chi connectivity index (χ0) is 21.6. The Morgan fingerprint density at radius 3 is 2.60 bits per heavy atom. The van der Waals surface area contributed by atoms with E-state index < -0.39 is 12.8 Å². The minimum atomic E-state index is -4.41. The summed E-state index contributed by atoms with van der Waals surface area (Å²) in [6.45, 7) is 1.36. The Bertz CT molecular complexity index is 837. The number of halogens is 3. The third-order valence-electron chi connectivity index (χ3n) is 4.82. The van der Waals surface area contributed by atoms with E-state index in [2.05, 4.69) is 26.0 Å². The molecule has 0 spiro atoms. The van der Waals surface area contributed by atoms with E-state index in [1.54, 1.807) is 18.0 Å². The fourth-order valence-corrected chi connectivity index (χ4v) is 3.31. The summed E-state index contributed by atoms with van der Waals surface area (Å²) in [7, 11) is 1.72. The van der Waals surface area contributed by atoms with E-state index in [-0.39, 0.29) is 18.5 Å². The van der Waals surface area contributed by atoms with Gasteiger partial charge in [-0.05, 0) is 30.0 Å². The average molecular weight is 422 g/mol. The lowest BCUT2D eigenvalue weighted by Crippen LogP contribution is -2.36. The third kappa shape index (κ3) is 6.27. The molecule has 0 saturated carbocycles. The highest BCUT2D eigenvalue weighted by atomic mass is 19.4. The van der Waals surface area contributed by atoms with Crippen LogP contribution in [0.15, 0.2) is 42.6 Å². The largest absolute Gasteiger partial charge is 0.468 e. The quantitative estimate of drug-likeness (QED) is 0.734. The minimum absolute atomic E-state index is 0.113. The number of pyridine rings is 1. The summed E-state index contributed by atoms with van der Waals surface area (Å²) in [6.07, 6.45) is -0.668. The average Bonchev–Trinajstić information content (AvgIpc) is 3.25. The molecule has 0 radical (unpaired) electrons. The summed E-state index contributed by atoms with van der Waals surface area (Å²) in [6, 6.07) is 10.8. The summed E-state index contributed by atoms with van der Waals surface area (Å²) in [5, 5.41) is 2.80. The highest BCUT2D eigenvalue weighted by Gasteiger charge is 2.28. The van der Waals surface area contributed by atoms with Gasteiger partial charge < -0.3 is 19.9 Å². The molecule has 0 atom stereocenters. The van der Waals surface area contributed by atoms with Crippen LogP contribution in [0.25, 0.3) is 0 Å². The Balaban J connectivity index is 1.50. The zero-order valence-electron chi connectivity index (χ0n) is 16.8. The van der Waals surface area contributed by atoms with Crippen LogP contribution in [0.4, 0.5) is 23.7 Å². The van der Waals surface area contributed by atoms with Gasteiger partial charge in [-0.3, -0.25) is 0 Å². The van der Waals surface area contributed by atoms with Gasteiger partial charge in [0.2, 0.25) is 5.88 Å². The second kappa shape index (κ2) is 9.69. The van der Waals surface area contributed by atoms with Crippen LogP contribution >= 0.6 is 0 Å². The number of nitrogens with zero attached hydrogens (tertiary/aromatic N) is 3. The van der Waals surface area contributed by atoms with Crippen molar-refractivity contribution in [3.63, 3.8) is 0 Å². The van der Waals surface area contributed by atoms with Crippen LogP contribution in [0.1, 0.15) is 24.0 Å². The number of benzene rings is 1. The summed E-state index contributed by atoms with van der Waals surface area (Å²) >= 11 is 0. The molecule has 0 aliphatic carbocycles. The van der Waals surface area contributed by atoms with E-state index in [4.69, 9.17) is 0 Å². The Kier molecular flexibility index (Phi) is 7.02. The maximum atomic E-state index is 12.5. The number of nitrogens with one attached hydrogen (secondary N) is 1. The molecular weight excluding hydrogens is 397 g/mol. The monoisotopic (exact) mass is 422 g/mol. The lowest BCUT2D eigenvalue weighted by molar-refractivity contribution is -0.154. The number of rotatable bonds is 7. The molecule has 162 valence electrons. The van der Waals surface area contributed by atoms with Crippen molar-refractivity contribution in [2.75, 3.05) is 31.6 Å². The molecule has 1 fully saturated rings. The van der Waals surface area contributed by atoms with Crippen molar-refractivity contribution in [3.05, 3.63) is 53.7 Å². The first kappa shape index (κ1) is 21.7. The Morgan fingerprint density at radius 2 is 1.93 bits per heavy atom. The first-order valence-electron chi connectivity index (χ1n) is 9.78. The topological polar surface area (TPSA) is 57.7 Å². The lowest BCUT2D eigenvalue weighted by atomic mass is 10.1. The molecule has 1 aromatic carbocycles. The molecule has 1 N–H and O–H groups in total. The van der Waals surface area contributed by atoms with E-state index in [1.165, 1.54) is 25.1 Å². The van der Waals surface area contributed by atoms with Crippen LogP contribution in [0.3, 0.4) is 0 Å². The van der Waals surface area contributed by atoms with Gasteiger partial charge in [0.05, 0.1) is 0 Å². The summed E-state index contributed by atoms with van der Waals surface area (Å²) in [5.74, 6) is -0.113. The maximum absolute atomic E-state index is 12.5. The van der Waals surface area contributed by atoms with Gasteiger partial charge in [-0.25, -0.2) is 9.78 Å². The summed E-state index contributed by atoms with van der Waals surface area (Å²) < 4.78 is 41.1. The fraction of sp³-hybridized carbons (Fsp3) is 0.429. The van der Waals surface area contributed by atoms with E-state index in [9.17, 15) is 18.0 Å². The lowest BCUT2D eigenvalue weighted by Gasteiger charge is -2.24. The predicted octanol–water partition coefficient (Wildman–Crippen LogP) is 3.96. The molecule has 2 amide bonds. The Morgan fingerprint density at radius 1 is 1.20 bits per heavy atom. The van der Waals surface area contributed by atoms with Crippen molar-refractivity contribution < 1.29 is 22.7 Å². The van der Waals surface area contributed by atoms with Crippen LogP contribution in [0.2, 0.25) is 0 Å². The Hall–Kier alpha value is -2.97. The van der Waals surface area contributed by atoms with E-state index in [0.717, 1.165) is 24.3 Å². The number of urea groups is 1.